The Balaban J connectivity index is 2.00. The maximum atomic E-state index is 4.26. The summed E-state index contributed by atoms with van der Waals surface area (Å²) in [7, 11) is 0. The van der Waals surface area contributed by atoms with Crippen molar-refractivity contribution in [3.8, 4) is 0 Å². The number of hydrogen-bond donors (Lipinski definition) is 1. The van der Waals surface area contributed by atoms with Gasteiger partial charge in [-0.15, -0.1) is 0 Å². The first-order valence-corrected chi connectivity index (χ1v) is 5.02. The zero-order valence-electron chi connectivity index (χ0n) is 8.33. The SMILES string of the molecule is CC(C)NC1CCn2nccc2C1. The van der Waals surface area contributed by atoms with Gasteiger partial charge in [-0.25, -0.2) is 0 Å². The van der Waals surface area contributed by atoms with Gasteiger partial charge in [0.1, 0.15) is 0 Å². The molecular formula is C10H17N3. The van der Waals surface area contributed by atoms with Crippen molar-refractivity contribution < 1.29 is 0 Å². The van der Waals surface area contributed by atoms with E-state index in [1.807, 2.05) is 6.20 Å². The fraction of sp³-hybridized carbons (Fsp3) is 0.700. The van der Waals surface area contributed by atoms with Gasteiger partial charge in [0.05, 0.1) is 0 Å². The van der Waals surface area contributed by atoms with E-state index in [1.165, 1.54) is 12.1 Å². The van der Waals surface area contributed by atoms with E-state index in [9.17, 15) is 0 Å². The standard InChI is InChI=1S/C10H17N3/c1-8(2)12-9-4-6-13-10(7-9)3-5-11-13/h3,5,8-9,12H,4,6-7H2,1-2H3. The molecule has 0 fully saturated rings. The molecule has 0 radical (unpaired) electrons. The fourth-order valence-electron chi connectivity index (χ4n) is 1.98. The molecule has 0 saturated heterocycles. The quantitative estimate of drug-likeness (QED) is 0.739. The summed E-state index contributed by atoms with van der Waals surface area (Å²) in [6.07, 6.45) is 4.22. The van der Waals surface area contributed by atoms with Crippen molar-refractivity contribution in [1.82, 2.24) is 15.1 Å². The summed E-state index contributed by atoms with van der Waals surface area (Å²) in [5.74, 6) is 0. The molecule has 0 spiro atoms. The van der Waals surface area contributed by atoms with Gasteiger partial charge in [0.15, 0.2) is 0 Å². The van der Waals surface area contributed by atoms with Crippen molar-refractivity contribution in [2.45, 2.75) is 45.3 Å². The monoisotopic (exact) mass is 179 g/mol. The van der Waals surface area contributed by atoms with Crippen LogP contribution >= 0.6 is 0 Å². The topological polar surface area (TPSA) is 29.9 Å². The molecule has 1 N–H and O–H groups in total. The lowest BCUT2D eigenvalue weighted by atomic mass is 10.0. The molecule has 2 rings (SSSR count). The summed E-state index contributed by atoms with van der Waals surface area (Å²) in [6.45, 7) is 5.46. The first-order valence-electron chi connectivity index (χ1n) is 5.02. The van der Waals surface area contributed by atoms with Crippen LogP contribution in [0.1, 0.15) is 26.0 Å². The van der Waals surface area contributed by atoms with Crippen LogP contribution in [0.25, 0.3) is 0 Å². The summed E-state index contributed by atoms with van der Waals surface area (Å²) < 4.78 is 2.11. The van der Waals surface area contributed by atoms with Crippen LogP contribution in [0.3, 0.4) is 0 Å². The van der Waals surface area contributed by atoms with Crippen LogP contribution in [0.15, 0.2) is 12.3 Å². The summed E-state index contributed by atoms with van der Waals surface area (Å²) in [5, 5.41) is 7.83. The first-order chi connectivity index (χ1) is 6.25. The van der Waals surface area contributed by atoms with E-state index < -0.39 is 0 Å². The van der Waals surface area contributed by atoms with Gasteiger partial charge in [0.2, 0.25) is 0 Å². The molecule has 2 heterocycles. The molecule has 0 amide bonds. The molecule has 0 aromatic carbocycles. The van der Waals surface area contributed by atoms with Crippen molar-refractivity contribution in [1.29, 1.82) is 0 Å². The van der Waals surface area contributed by atoms with Gasteiger partial charge in [-0.05, 0) is 12.5 Å². The van der Waals surface area contributed by atoms with E-state index in [0.29, 0.717) is 12.1 Å². The Labute approximate surface area is 79.1 Å². The number of hydrogen-bond acceptors (Lipinski definition) is 2. The van der Waals surface area contributed by atoms with Crippen LogP contribution in [-0.4, -0.2) is 21.9 Å². The third kappa shape index (κ3) is 1.91. The van der Waals surface area contributed by atoms with Crippen LogP contribution in [0.2, 0.25) is 0 Å². The summed E-state index contributed by atoms with van der Waals surface area (Å²) in [6, 6.07) is 3.34. The predicted octanol–water partition coefficient (Wildman–Crippen LogP) is 1.20. The van der Waals surface area contributed by atoms with Gasteiger partial charge in [0.25, 0.3) is 0 Å². The lowest BCUT2D eigenvalue weighted by Crippen LogP contribution is -2.40. The third-order valence-corrected chi connectivity index (χ3v) is 2.52. The van der Waals surface area contributed by atoms with Gasteiger partial charge in [0, 0.05) is 36.9 Å². The summed E-state index contributed by atoms with van der Waals surface area (Å²) >= 11 is 0. The Morgan fingerprint density at radius 3 is 3.23 bits per heavy atom. The fourth-order valence-corrected chi connectivity index (χ4v) is 1.98. The predicted molar refractivity (Wildman–Crippen MR) is 52.6 cm³/mol. The Morgan fingerprint density at radius 2 is 2.46 bits per heavy atom. The molecule has 1 aliphatic heterocycles. The number of rotatable bonds is 2. The summed E-state index contributed by atoms with van der Waals surface area (Å²) in [4.78, 5) is 0. The lowest BCUT2D eigenvalue weighted by Gasteiger charge is -2.26. The van der Waals surface area contributed by atoms with Crippen LogP contribution in [0.4, 0.5) is 0 Å². The van der Waals surface area contributed by atoms with Gasteiger partial charge in [-0.1, -0.05) is 13.8 Å². The zero-order chi connectivity index (χ0) is 9.26. The van der Waals surface area contributed by atoms with E-state index in [4.69, 9.17) is 0 Å². The molecule has 1 aliphatic rings. The Kier molecular flexibility index (Phi) is 2.36. The van der Waals surface area contributed by atoms with Crippen LogP contribution in [0.5, 0.6) is 0 Å². The highest BCUT2D eigenvalue weighted by Crippen LogP contribution is 2.13. The Morgan fingerprint density at radius 1 is 1.62 bits per heavy atom. The second kappa shape index (κ2) is 3.50. The Hall–Kier alpha value is -0.830. The third-order valence-electron chi connectivity index (χ3n) is 2.52. The second-order valence-electron chi connectivity index (χ2n) is 4.06. The van der Waals surface area contributed by atoms with Crippen LogP contribution in [0, 0.1) is 0 Å². The molecule has 13 heavy (non-hydrogen) atoms. The minimum atomic E-state index is 0.583. The number of aryl methyl sites for hydroxylation is 1. The van der Waals surface area contributed by atoms with Gasteiger partial charge in [-0.3, -0.25) is 4.68 Å². The summed E-state index contributed by atoms with van der Waals surface area (Å²) in [5.41, 5.74) is 1.37. The highest BCUT2D eigenvalue weighted by molar-refractivity contribution is 5.05. The van der Waals surface area contributed by atoms with E-state index in [1.54, 1.807) is 0 Å². The highest BCUT2D eigenvalue weighted by Gasteiger charge is 2.18. The molecule has 0 aliphatic carbocycles. The maximum Gasteiger partial charge on any atom is 0.0492 e. The van der Waals surface area contributed by atoms with Crippen LogP contribution in [-0.2, 0) is 13.0 Å². The molecule has 72 valence electrons. The van der Waals surface area contributed by atoms with Gasteiger partial charge < -0.3 is 5.32 Å². The van der Waals surface area contributed by atoms with E-state index in [-0.39, 0.29) is 0 Å². The van der Waals surface area contributed by atoms with E-state index in [0.717, 1.165) is 13.0 Å². The molecule has 0 saturated carbocycles. The largest absolute Gasteiger partial charge is 0.311 e. The normalized spacial score (nSPS) is 21.9. The van der Waals surface area contributed by atoms with Crippen molar-refractivity contribution in [2.75, 3.05) is 0 Å². The van der Waals surface area contributed by atoms with Crippen molar-refractivity contribution in [2.24, 2.45) is 0 Å². The van der Waals surface area contributed by atoms with E-state index in [2.05, 4.69) is 35.0 Å². The zero-order valence-corrected chi connectivity index (χ0v) is 8.33. The number of fused-ring (bicyclic) bond motifs is 1. The molecule has 3 heteroatoms. The van der Waals surface area contributed by atoms with Gasteiger partial charge in [-0.2, -0.15) is 5.10 Å². The smallest absolute Gasteiger partial charge is 0.0492 e. The Bertz CT molecular complexity index is 277. The maximum absolute atomic E-state index is 4.26. The average Bonchev–Trinajstić information content (AvgIpc) is 2.49. The number of nitrogens with zero attached hydrogens (tertiary/aromatic N) is 2. The van der Waals surface area contributed by atoms with Crippen LogP contribution < -0.4 is 5.32 Å². The molecule has 1 unspecified atom stereocenters. The van der Waals surface area contributed by atoms with Crippen molar-refractivity contribution in [3.05, 3.63) is 18.0 Å². The van der Waals surface area contributed by atoms with Crippen molar-refractivity contribution in [3.63, 3.8) is 0 Å². The lowest BCUT2D eigenvalue weighted by molar-refractivity contribution is 0.360. The van der Waals surface area contributed by atoms with Gasteiger partial charge >= 0.3 is 0 Å². The minimum Gasteiger partial charge on any atom is -0.311 e. The number of nitrogens with one attached hydrogen (secondary N) is 1. The molecule has 3 nitrogen and oxygen atoms in total. The molecule has 0 bridgehead atoms. The average molecular weight is 179 g/mol. The number of aromatic nitrogens is 2. The molecule has 1 atom stereocenters. The second-order valence-corrected chi connectivity index (χ2v) is 4.06. The van der Waals surface area contributed by atoms with E-state index >= 15 is 0 Å². The van der Waals surface area contributed by atoms with Crippen molar-refractivity contribution >= 4 is 0 Å². The highest BCUT2D eigenvalue weighted by atomic mass is 15.3. The first kappa shape index (κ1) is 8.75. The minimum absolute atomic E-state index is 0.583. The molecule has 1 aromatic rings. The molecular weight excluding hydrogens is 162 g/mol. The molecule has 1 aromatic heterocycles.